The van der Waals surface area contributed by atoms with Crippen LogP contribution < -0.4 is 0 Å². The predicted molar refractivity (Wildman–Crippen MR) is 118 cm³/mol. The lowest BCUT2D eigenvalue weighted by molar-refractivity contribution is -0.148. The number of carbonyl (C=O) groups excluding carboxylic acids is 2. The second-order valence-corrected chi connectivity index (χ2v) is 10.7. The number of ether oxygens (including phenoxy) is 2. The van der Waals surface area contributed by atoms with E-state index in [1.807, 2.05) is 0 Å². The summed E-state index contributed by atoms with van der Waals surface area (Å²) >= 11 is 0. The maximum atomic E-state index is 11.4. The lowest BCUT2D eigenvalue weighted by Gasteiger charge is -2.58. The molecule has 0 aromatic heterocycles. The molecule has 0 unspecified atom stereocenters. The Kier molecular flexibility index (Phi) is 6.10. The predicted octanol–water partition coefficient (Wildman–Crippen LogP) is 4.73. The minimum Gasteiger partial charge on any atom is -0.466 e. The summed E-state index contributed by atoms with van der Waals surface area (Å²) in [6.07, 6.45) is 12.1. The van der Waals surface area contributed by atoms with E-state index in [1.54, 1.807) is 0 Å². The molecule has 0 spiro atoms. The first-order valence-corrected chi connectivity index (χ1v) is 12.0. The van der Waals surface area contributed by atoms with E-state index in [-0.39, 0.29) is 35.5 Å². The number of aliphatic hydroxyl groups excluding tert-OH is 1. The molecule has 5 nitrogen and oxygen atoms in total. The number of carbonyl (C=O) groups is 2. The summed E-state index contributed by atoms with van der Waals surface area (Å²) in [5.74, 6) is 1.39. The van der Waals surface area contributed by atoms with E-state index in [4.69, 9.17) is 9.47 Å². The van der Waals surface area contributed by atoms with Gasteiger partial charge in [-0.3, -0.25) is 9.59 Å². The van der Waals surface area contributed by atoms with Crippen molar-refractivity contribution in [2.75, 3.05) is 6.61 Å². The molecule has 7 atom stereocenters. The van der Waals surface area contributed by atoms with Crippen LogP contribution in [0.2, 0.25) is 0 Å². The van der Waals surface area contributed by atoms with Crippen LogP contribution in [0.1, 0.15) is 79.1 Å². The van der Waals surface area contributed by atoms with Crippen LogP contribution in [0.3, 0.4) is 0 Å². The third kappa shape index (κ3) is 3.99. The molecule has 31 heavy (non-hydrogen) atoms. The molecule has 0 radical (unpaired) electrons. The van der Waals surface area contributed by atoms with Gasteiger partial charge >= 0.3 is 11.9 Å². The van der Waals surface area contributed by atoms with Crippen LogP contribution in [-0.4, -0.2) is 35.9 Å². The van der Waals surface area contributed by atoms with E-state index < -0.39 is 6.10 Å². The first-order valence-electron chi connectivity index (χ1n) is 12.0. The minimum atomic E-state index is -0.532. The molecule has 0 aromatic carbocycles. The van der Waals surface area contributed by atoms with E-state index in [0.29, 0.717) is 24.2 Å². The van der Waals surface area contributed by atoms with E-state index in [0.717, 1.165) is 38.5 Å². The van der Waals surface area contributed by atoms with Crippen molar-refractivity contribution in [2.45, 2.75) is 91.3 Å². The fourth-order valence-electron chi connectivity index (χ4n) is 7.55. The molecule has 1 N–H and O–H groups in total. The van der Waals surface area contributed by atoms with Crippen molar-refractivity contribution >= 4 is 11.9 Å². The van der Waals surface area contributed by atoms with Gasteiger partial charge in [-0.1, -0.05) is 31.6 Å². The number of esters is 2. The Morgan fingerprint density at radius 2 is 1.81 bits per heavy atom. The van der Waals surface area contributed by atoms with Gasteiger partial charge in [0.15, 0.2) is 0 Å². The van der Waals surface area contributed by atoms with Gasteiger partial charge < -0.3 is 14.6 Å². The fraction of sp³-hybridized carbons (Fsp3) is 0.769. The second kappa shape index (κ2) is 8.38. The molecule has 4 aliphatic carbocycles. The number of fused-ring (bicyclic) bond motifs is 5. The summed E-state index contributed by atoms with van der Waals surface area (Å²) in [6, 6.07) is 0. The zero-order chi connectivity index (χ0) is 22.4. The van der Waals surface area contributed by atoms with Gasteiger partial charge in [0.2, 0.25) is 0 Å². The third-order valence-electron chi connectivity index (χ3n) is 9.09. The van der Waals surface area contributed by atoms with Crippen molar-refractivity contribution < 1.29 is 24.2 Å². The summed E-state index contributed by atoms with van der Waals surface area (Å²) in [4.78, 5) is 22.5. The Balaban J connectivity index is 1.48. The molecule has 4 rings (SSSR count). The molecular formula is C26H38O5. The highest BCUT2D eigenvalue weighted by atomic mass is 16.5. The molecule has 0 aliphatic heterocycles. The lowest BCUT2D eigenvalue weighted by Crippen LogP contribution is -2.50. The summed E-state index contributed by atoms with van der Waals surface area (Å²) in [5, 5.41) is 10.9. The Hall–Kier alpha value is -1.62. The number of allylic oxidation sites excluding steroid dienone is 2. The van der Waals surface area contributed by atoms with Crippen molar-refractivity contribution in [1.82, 2.24) is 0 Å². The highest BCUT2D eigenvalue weighted by Crippen LogP contribution is 2.65. The van der Waals surface area contributed by atoms with Crippen LogP contribution in [0.5, 0.6) is 0 Å². The molecule has 2 fully saturated rings. The Labute approximate surface area is 186 Å². The molecule has 0 aromatic rings. The minimum absolute atomic E-state index is 0.0352. The van der Waals surface area contributed by atoms with Crippen LogP contribution in [0.15, 0.2) is 23.3 Å². The van der Waals surface area contributed by atoms with Gasteiger partial charge in [0, 0.05) is 26.7 Å². The quantitative estimate of drug-likeness (QED) is 0.504. The van der Waals surface area contributed by atoms with Gasteiger partial charge in [-0.2, -0.15) is 0 Å². The zero-order valence-corrected chi connectivity index (χ0v) is 19.5. The Morgan fingerprint density at radius 3 is 2.52 bits per heavy atom. The number of aliphatic hydroxyl groups is 1. The van der Waals surface area contributed by atoms with Crippen molar-refractivity contribution in [3.63, 3.8) is 0 Å². The zero-order valence-electron chi connectivity index (χ0n) is 19.5. The highest BCUT2D eigenvalue weighted by molar-refractivity contribution is 5.66. The number of hydrogen-bond donors (Lipinski definition) is 1. The maximum absolute atomic E-state index is 11.4. The van der Waals surface area contributed by atoms with Gasteiger partial charge in [-0.15, -0.1) is 0 Å². The Morgan fingerprint density at radius 1 is 1.06 bits per heavy atom. The van der Waals surface area contributed by atoms with Crippen LogP contribution in [0, 0.1) is 28.6 Å². The molecule has 0 heterocycles. The van der Waals surface area contributed by atoms with Crippen LogP contribution in [-0.2, 0) is 19.1 Å². The van der Waals surface area contributed by atoms with E-state index in [2.05, 4.69) is 26.0 Å². The third-order valence-corrected chi connectivity index (χ3v) is 9.09. The normalized spacial score (nSPS) is 39.9. The lowest BCUT2D eigenvalue weighted by atomic mass is 9.47. The summed E-state index contributed by atoms with van der Waals surface area (Å²) < 4.78 is 10.6. The van der Waals surface area contributed by atoms with Crippen molar-refractivity contribution in [3.8, 4) is 0 Å². The second-order valence-electron chi connectivity index (χ2n) is 10.7. The summed E-state index contributed by atoms with van der Waals surface area (Å²) in [5.41, 5.74) is 2.91. The van der Waals surface area contributed by atoms with Gasteiger partial charge in [0.25, 0.3) is 0 Å². The monoisotopic (exact) mass is 430 g/mol. The summed E-state index contributed by atoms with van der Waals surface area (Å²) in [7, 11) is 0. The number of rotatable bonds is 5. The van der Waals surface area contributed by atoms with Crippen LogP contribution >= 0.6 is 0 Å². The van der Waals surface area contributed by atoms with Crippen molar-refractivity contribution in [1.29, 1.82) is 0 Å². The van der Waals surface area contributed by atoms with Crippen LogP contribution in [0.4, 0.5) is 0 Å². The molecule has 0 bridgehead atoms. The van der Waals surface area contributed by atoms with Gasteiger partial charge in [0.05, 0.1) is 12.7 Å². The number of hydrogen-bond acceptors (Lipinski definition) is 5. The molecule has 0 amide bonds. The van der Waals surface area contributed by atoms with E-state index in [9.17, 15) is 14.7 Å². The fourth-order valence-corrected chi connectivity index (χ4v) is 7.55. The molecule has 4 aliphatic rings. The largest absolute Gasteiger partial charge is 0.466 e. The van der Waals surface area contributed by atoms with Gasteiger partial charge in [-0.25, -0.2) is 0 Å². The highest BCUT2D eigenvalue weighted by Gasteiger charge is 2.57. The molecule has 2 saturated carbocycles. The maximum Gasteiger partial charge on any atom is 0.302 e. The van der Waals surface area contributed by atoms with E-state index in [1.165, 1.54) is 31.4 Å². The average Bonchev–Trinajstić information content (AvgIpc) is 3.05. The average molecular weight is 431 g/mol. The first-order chi connectivity index (χ1) is 14.6. The topological polar surface area (TPSA) is 72.8 Å². The molecule has 5 heteroatoms. The standard InChI is InChI=1S/C26H38O5/c1-16(27)30-14-11-24(29)23-8-7-21-20-6-5-18-15-19(31-17(2)28)9-12-25(18,3)22(20)10-13-26(21,23)4/h5,8,19-22,24,29H,6-7,9-15H2,1-4H3/t19-,20+,21+,22+,24-,25-,26-/m0/s1. The van der Waals surface area contributed by atoms with Crippen molar-refractivity contribution in [2.24, 2.45) is 28.6 Å². The first kappa shape index (κ1) is 22.6. The molecule has 0 saturated heterocycles. The van der Waals surface area contributed by atoms with E-state index >= 15 is 0 Å². The molecule has 172 valence electrons. The van der Waals surface area contributed by atoms with Crippen LogP contribution in [0.25, 0.3) is 0 Å². The molecular weight excluding hydrogens is 392 g/mol. The van der Waals surface area contributed by atoms with Gasteiger partial charge in [-0.05, 0) is 72.7 Å². The SMILES string of the molecule is CC(=O)OCC[C@H](O)C1=CC[C@@H]2[C@H]3CC=C4C[C@@H](OC(C)=O)CC[C@]4(C)[C@@H]3CC[C@]12C. The Bertz CT molecular complexity index is 798. The smallest absolute Gasteiger partial charge is 0.302 e. The van der Waals surface area contributed by atoms with Crippen molar-refractivity contribution in [3.05, 3.63) is 23.3 Å². The van der Waals surface area contributed by atoms with Gasteiger partial charge in [0.1, 0.15) is 6.10 Å². The summed E-state index contributed by atoms with van der Waals surface area (Å²) in [6.45, 7) is 7.98.